The molecule has 1 aromatic heterocycles. The van der Waals surface area contributed by atoms with E-state index >= 15 is 0 Å². The van der Waals surface area contributed by atoms with Gasteiger partial charge in [-0.2, -0.15) is 0 Å². The molecule has 2 aromatic carbocycles. The molecule has 0 spiro atoms. The Morgan fingerprint density at radius 3 is 1.70 bits per heavy atom. The van der Waals surface area contributed by atoms with E-state index in [2.05, 4.69) is 15.3 Å². The van der Waals surface area contributed by atoms with Crippen molar-refractivity contribution in [3.63, 3.8) is 0 Å². The zero-order valence-electron chi connectivity index (χ0n) is 16.6. The van der Waals surface area contributed by atoms with Crippen LogP contribution in [0.5, 0.6) is 11.5 Å². The van der Waals surface area contributed by atoms with Gasteiger partial charge in [0, 0.05) is 17.5 Å². The number of carbonyl (C=O) groups excluding carboxylic acids is 1. The first-order valence-electron chi connectivity index (χ1n) is 9.18. The molecule has 0 unspecified atom stereocenters. The van der Waals surface area contributed by atoms with Crippen molar-refractivity contribution in [1.82, 2.24) is 9.97 Å². The maximum absolute atomic E-state index is 12.1. The van der Waals surface area contributed by atoms with Crippen LogP contribution in [0.2, 0.25) is 0 Å². The quantitative estimate of drug-likeness (QED) is 0.586. The number of ether oxygens (including phenoxy) is 2. The third kappa shape index (κ3) is 5.32. The zero-order valence-corrected chi connectivity index (χ0v) is 16.6. The molecule has 0 fully saturated rings. The largest absolute Gasteiger partial charge is 0.497 e. The van der Waals surface area contributed by atoms with Crippen molar-refractivity contribution in [3.05, 3.63) is 54.6 Å². The van der Waals surface area contributed by atoms with Gasteiger partial charge in [-0.05, 0) is 54.6 Å². The normalized spacial score (nSPS) is 10.3. The van der Waals surface area contributed by atoms with E-state index in [9.17, 15) is 9.59 Å². The first-order valence-corrected chi connectivity index (χ1v) is 9.18. The van der Waals surface area contributed by atoms with Crippen LogP contribution in [0.25, 0.3) is 22.5 Å². The van der Waals surface area contributed by atoms with Crippen molar-refractivity contribution < 1.29 is 24.2 Å². The molecule has 3 rings (SSSR count). The molecule has 0 saturated heterocycles. The van der Waals surface area contributed by atoms with Gasteiger partial charge in [-0.1, -0.05) is 0 Å². The highest BCUT2D eigenvalue weighted by Crippen LogP contribution is 2.27. The molecule has 0 aliphatic rings. The van der Waals surface area contributed by atoms with Crippen molar-refractivity contribution in [3.8, 4) is 34.0 Å². The van der Waals surface area contributed by atoms with E-state index in [0.29, 0.717) is 22.9 Å². The molecule has 0 aliphatic carbocycles. The van der Waals surface area contributed by atoms with Crippen LogP contribution in [-0.2, 0) is 9.59 Å². The molecule has 2 N–H and O–H groups in total. The van der Waals surface area contributed by atoms with Crippen LogP contribution < -0.4 is 14.8 Å². The fraction of sp³-hybridized carbons (Fsp3) is 0.182. The summed E-state index contributed by atoms with van der Waals surface area (Å²) in [6, 6.07) is 16.5. The van der Waals surface area contributed by atoms with E-state index < -0.39 is 11.9 Å². The Balaban J connectivity index is 1.97. The van der Waals surface area contributed by atoms with Crippen molar-refractivity contribution in [2.75, 3.05) is 19.5 Å². The minimum Gasteiger partial charge on any atom is -0.497 e. The third-order valence-electron chi connectivity index (χ3n) is 4.31. The lowest BCUT2D eigenvalue weighted by Gasteiger charge is -2.10. The summed E-state index contributed by atoms with van der Waals surface area (Å²) < 4.78 is 10.4. The molecule has 8 nitrogen and oxygen atoms in total. The third-order valence-corrected chi connectivity index (χ3v) is 4.31. The molecular formula is C22H21N3O5. The number of anilines is 1. The molecule has 1 amide bonds. The predicted molar refractivity (Wildman–Crippen MR) is 112 cm³/mol. The SMILES string of the molecule is COc1ccc(-c2cc(-c3ccc(OC)cc3)nc(NC(=O)CCC(=O)O)n2)cc1. The van der Waals surface area contributed by atoms with E-state index in [1.807, 2.05) is 54.6 Å². The Labute approximate surface area is 173 Å². The monoisotopic (exact) mass is 407 g/mol. The molecular weight excluding hydrogens is 386 g/mol. The lowest BCUT2D eigenvalue weighted by Crippen LogP contribution is -2.15. The number of rotatable bonds is 8. The molecule has 0 bridgehead atoms. The van der Waals surface area contributed by atoms with Crippen molar-refractivity contribution >= 4 is 17.8 Å². The maximum atomic E-state index is 12.1. The Morgan fingerprint density at radius 2 is 1.30 bits per heavy atom. The van der Waals surface area contributed by atoms with Crippen LogP contribution in [0.1, 0.15) is 12.8 Å². The number of carboxylic acid groups (broad SMARTS) is 1. The second-order valence-electron chi connectivity index (χ2n) is 6.36. The standard InChI is InChI=1S/C22H21N3O5/c1-29-16-7-3-14(4-8-16)18-13-19(15-5-9-17(30-2)10-6-15)24-22(23-18)25-20(26)11-12-21(27)28/h3-10,13H,11-12H2,1-2H3,(H,27,28)(H,23,24,25,26). The lowest BCUT2D eigenvalue weighted by molar-refractivity contribution is -0.138. The Morgan fingerprint density at radius 1 is 0.833 bits per heavy atom. The number of hydrogen-bond donors (Lipinski definition) is 2. The fourth-order valence-electron chi connectivity index (χ4n) is 2.73. The smallest absolute Gasteiger partial charge is 0.303 e. The summed E-state index contributed by atoms with van der Waals surface area (Å²) in [5, 5.41) is 11.4. The Hall–Kier alpha value is -3.94. The van der Waals surface area contributed by atoms with Gasteiger partial charge in [-0.25, -0.2) is 9.97 Å². The van der Waals surface area contributed by atoms with Crippen LogP contribution in [0.15, 0.2) is 54.6 Å². The second-order valence-corrected chi connectivity index (χ2v) is 6.36. The second kappa shape index (κ2) is 9.51. The number of benzene rings is 2. The van der Waals surface area contributed by atoms with E-state index in [-0.39, 0.29) is 18.8 Å². The predicted octanol–water partition coefficient (Wildman–Crippen LogP) is 3.63. The molecule has 8 heteroatoms. The average molecular weight is 407 g/mol. The van der Waals surface area contributed by atoms with Crippen LogP contribution in [0.4, 0.5) is 5.95 Å². The summed E-state index contributed by atoms with van der Waals surface area (Å²) in [7, 11) is 3.18. The van der Waals surface area contributed by atoms with E-state index in [0.717, 1.165) is 11.1 Å². The number of aromatic nitrogens is 2. The lowest BCUT2D eigenvalue weighted by atomic mass is 10.1. The summed E-state index contributed by atoms with van der Waals surface area (Å²) in [4.78, 5) is 31.7. The first-order chi connectivity index (χ1) is 14.5. The number of methoxy groups -OCH3 is 2. The number of nitrogens with zero attached hydrogens (tertiary/aromatic N) is 2. The van der Waals surface area contributed by atoms with E-state index in [4.69, 9.17) is 14.6 Å². The molecule has 30 heavy (non-hydrogen) atoms. The molecule has 1 heterocycles. The summed E-state index contributed by atoms with van der Waals surface area (Å²) >= 11 is 0. The van der Waals surface area contributed by atoms with Gasteiger partial charge in [0.15, 0.2) is 0 Å². The number of carbonyl (C=O) groups is 2. The highest BCUT2D eigenvalue weighted by atomic mass is 16.5. The summed E-state index contributed by atoms with van der Waals surface area (Å²) in [5.41, 5.74) is 2.84. The van der Waals surface area contributed by atoms with Gasteiger partial charge in [0.2, 0.25) is 11.9 Å². The molecule has 0 aliphatic heterocycles. The highest BCUT2D eigenvalue weighted by Gasteiger charge is 2.12. The minimum absolute atomic E-state index is 0.101. The number of nitrogens with one attached hydrogen (secondary N) is 1. The first kappa shape index (κ1) is 20.8. The zero-order chi connectivity index (χ0) is 21.5. The van der Waals surface area contributed by atoms with Gasteiger partial charge in [0.25, 0.3) is 0 Å². The highest BCUT2D eigenvalue weighted by molar-refractivity contribution is 5.91. The fourth-order valence-corrected chi connectivity index (χ4v) is 2.73. The van der Waals surface area contributed by atoms with Gasteiger partial charge in [-0.15, -0.1) is 0 Å². The topological polar surface area (TPSA) is 111 Å². The van der Waals surface area contributed by atoms with Gasteiger partial charge in [-0.3, -0.25) is 14.9 Å². The van der Waals surface area contributed by atoms with Crippen LogP contribution in [0, 0.1) is 0 Å². The molecule has 0 atom stereocenters. The van der Waals surface area contributed by atoms with Gasteiger partial charge < -0.3 is 14.6 Å². The maximum Gasteiger partial charge on any atom is 0.303 e. The van der Waals surface area contributed by atoms with Gasteiger partial charge in [0.05, 0.1) is 32.0 Å². The molecule has 0 radical (unpaired) electrons. The summed E-state index contributed by atoms with van der Waals surface area (Å²) in [6.07, 6.45) is -0.432. The Kier molecular flexibility index (Phi) is 6.59. The van der Waals surface area contributed by atoms with E-state index in [1.54, 1.807) is 14.2 Å². The molecule has 0 saturated carbocycles. The minimum atomic E-state index is -1.04. The van der Waals surface area contributed by atoms with Crippen LogP contribution in [0.3, 0.4) is 0 Å². The number of aliphatic carboxylic acids is 1. The van der Waals surface area contributed by atoms with Crippen LogP contribution >= 0.6 is 0 Å². The summed E-state index contributed by atoms with van der Waals surface area (Å²) in [6.45, 7) is 0. The van der Waals surface area contributed by atoms with Crippen molar-refractivity contribution in [2.24, 2.45) is 0 Å². The number of carboxylic acids is 1. The Bertz CT molecular complexity index is 968. The van der Waals surface area contributed by atoms with Crippen molar-refractivity contribution in [1.29, 1.82) is 0 Å². The summed E-state index contributed by atoms with van der Waals surface area (Å²) in [5.74, 6) is 0.0159. The van der Waals surface area contributed by atoms with Crippen LogP contribution in [-0.4, -0.2) is 41.2 Å². The van der Waals surface area contributed by atoms with Crippen molar-refractivity contribution in [2.45, 2.75) is 12.8 Å². The average Bonchev–Trinajstić information content (AvgIpc) is 2.77. The molecule has 154 valence electrons. The van der Waals surface area contributed by atoms with E-state index in [1.165, 1.54) is 0 Å². The number of amides is 1. The van der Waals surface area contributed by atoms with Gasteiger partial charge >= 0.3 is 5.97 Å². The molecule has 3 aromatic rings. The number of hydrogen-bond acceptors (Lipinski definition) is 6. The van der Waals surface area contributed by atoms with Gasteiger partial charge in [0.1, 0.15) is 11.5 Å².